The topological polar surface area (TPSA) is 55.4 Å². The van der Waals surface area contributed by atoms with Gasteiger partial charge in [0.05, 0.1) is 17.7 Å². The summed E-state index contributed by atoms with van der Waals surface area (Å²) in [4.78, 5) is -0.0173. The third-order valence-corrected chi connectivity index (χ3v) is 4.11. The van der Waals surface area contributed by atoms with E-state index in [1.54, 1.807) is 6.07 Å². The van der Waals surface area contributed by atoms with E-state index in [-0.39, 0.29) is 16.3 Å². The molecule has 0 aliphatic rings. The molecule has 2 rings (SSSR count). The van der Waals surface area contributed by atoms with Gasteiger partial charge in [0.25, 0.3) is 10.0 Å². The Kier molecular flexibility index (Phi) is 4.15. The number of anilines is 1. The van der Waals surface area contributed by atoms with E-state index in [9.17, 15) is 12.8 Å². The van der Waals surface area contributed by atoms with Crippen LogP contribution in [0.4, 0.5) is 10.1 Å². The number of hydrogen-bond donors (Lipinski definition) is 1. The molecule has 0 aliphatic carbocycles. The van der Waals surface area contributed by atoms with Gasteiger partial charge in [-0.2, -0.15) is 0 Å². The van der Waals surface area contributed by atoms with E-state index >= 15 is 0 Å². The Morgan fingerprint density at radius 3 is 2.60 bits per heavy atom. The first-order valence-electron chi connectivity index (χ1n) is 5.54. The zero-order valence-electron chi connectivity index (χ0n) is 10.4. The second-order valence-corrected chi connectivity index (χ2v) is 6.03. The summed E-state index contributed by atoms with van der Waals surface area (Å²) < 4.78 is 44.8. The summed E-state index contributed by atoms with van der Waals surface area (Å²) in [6, 6.07) is 9.32. The predicted molar refractivity (Wildman–Crippen MR) is 75.2 cm³/mol. The van der Waals surface area contributed by atoms with Crippen LogP contribution in [0.2, 0.25) is 5.02 Å². The number of sulfonamides is 1. The molecule has 0 saturated heterocycles. The molecule has 0 saturated carbocycles. The maximum atomic E-state index is 13.2. The Bertz CT molecular complexity index is 734. The highest BCUT2D eigenvalue weighted by atomic mass is 35.5. The summed E-state index contributed by atoms with van der Waals surface area (Å²) in [5.41, 5.74) is 0.0208. The Balaban J connectivity index is 2.40. The summed E-state index contributed by atoms with van der Waals surface area (Å²) in [7, 11) is -2.50. The first kappa shape index (κ1) is 14.6. The normalized spacial score (nSPS) is 11.2. The summed E-state index contributed by atoms with van der Waals surface area (Å²) in [6.45, 7) is 0. The lowest BCUT2D eigenvalue weighted by atomic mass is 10.3. The number of ether oxygens (including phenoxy) is 1. The molecule has 1 N–H and O–H groups in total. The fourth-order valence-corrected chi connectivity index (χ4v) is 2.96. The molecule has 0 fully saturated rings. The smallest absolute Gasteiger partial charge is 0.262 e. The van der Waals surface area contributed by atoms with E-state index in [0.717, 1.165) is 6.07 Å². The highest BCUT2D eigenvalue weighted by Crippen LogP contribution is 2.28. The van der Waals surface area contributed by atoms with E-state index in [1.807, 2.05) is 0 Å². The molecule has 2 aromatic rings. The Morgan fingerprint density at radius 1 is 1.20 bits per heavy atom. The second-order valence-electron chi connectivity index (χ2n) is 3.91. The highest BCUT2D eigenvalue weighted by molar-refractivity contribution is 7.92. The van der Waals surface area contributed by atoms with Gasteiger partial charge in [-0.05, 0) is 30.3 Å². The number of nitrogens with one attached hydrogen (secondary N) is 1. The fraction of sp³-hybridized carbons (Fsp3) is 0.0769. The largest absolute Gasteiger partial charge is 0.495 e. The highest BCUT2D eigenvalue weighted by Gasteiger charge is 2.17. The van der Waals surface area contributed by atoms with Gasteiger partial charge in [0.15, 0.2) is 0 Å². The van der Waals surface area contributed by atoms with E-state index in [2.05, 4.69) is 4.72 Å². The van der Waals surface area contributed by atoms with Crippen molar-refractivity contribution in [2.45, 2.75) is 4.90 Å². The zero-order valence-corrected chi connectivity index (χ0v) is 12.0. The molecule has 0 aliphatic heterocycles. The molecule has 0 radical (unpaired) electrons. The minimum atomic E-state index is -3.87. The number of halogens is 2. The van der Waals surface area contributed by atoms with Crippen LogP contribution in [0.25, 0.3) is 0 Å². The number of benzene rings is 2. The molecule has 0 spiro atoms. The molecular weight excluding hydrogens is 305 g/mol. The van der Waals surface area contributed by atoms with Crippen molar-refractivity contribution >= 4 is 27.3 Å². The first-order valence-corrected chi connectivity index (χ1v) is 7.40. The van der Waals surface area contributed by atoms with E-state index in [4.69, 9.17) is 16.3 Å². The summed E-state index contributed by atoms with van der Waals surface area (Å²) >= 11 is 5.76. The molecule has 0 unspecified atom stereocenters. The zero-order chi connectivity index (χ0) is 14.8. The number of methoxy groups -OCH3 is 1. The standard InChI is InChI=1S/C13H11ClFNO3S/c1-19-13-6-5-10(15)8-12(13)16-20(17,18)11-4-2-3-9(14)7-11/h2-8,16H,1H3. The predicted octanol–water partition coefficient (Wildman–Crippen LogP) is 3.29. The third-order valence-electron chi connectivity index (χ3n) is 2.51. The van der Waals surface area contributed by atoms with Gasteiger partial charge in [0.1, 0.15) is 11.6 Å². The van der Waals surface area contributed by atoms with Crippen molar-refractivity contribution in [3.05, 3.63) is 53.3 Å². The van der Waals surface area contributed by atoms with Gasteiger partial charge in [-0.1, -0.05) is 17.7 Å². The van der Waals surface area contributed by atoms with Crippen LogP contribution < -0.4 is 9.46 Å². The first-order chi connectivity index (χ1) is 9.42. The van der Waals surface area contributed by atoms with Gasteiger partial charge in [-0.25, -0.2) is 12.8 Å². The molecule has 20 heavy (non-hydrogen) atoms. The maximum absolute atomic E-state index is 13.2. The number of rotatable bonds is 4. The van der Waals surface area contributed by atoms with Crippen molar-refractivity contribution < 1.29 is 17.5 Å². The lowest BCUT2D eigenvalue weighted by Gasteiger charge is -2.12. The monoisotopic (exact) mass is 315 g/mol. The van der Waals surface area contributed by atoms with Crippen molar-refractivity contribution in [2.75, 3.05) is 11.8 Å². The minimum absolute atomic E-state index is 0.0173. The van der Waals surface area contributed by atoms with Crippen molar-refractivity contribution in [2.24, 2.45) is 0 Å². The van der Waals surface area contributed by atoms with Crippen LogP contribution in [0.1, 0.15) is 0 Å². The second kappa shape index (κ2) is 5.68. The molecule has 4 nitrogen and oxygen atoms in total. The van der Waals surface area contributed by atoms with Crippen LogP contribution in [-0.4, -0.2) is 15.5 Å². The molecule has 0 bridgehead atoms. The van der Waals surface area contributed by atoms with Gasteiger partial charge < -0.3 is 4.74 Å². The van der Waals surface area contributed by atoms with Gasteiger partial charge in [0, 0.05) is 11.1 Å². The Morgan fingerprint density at radius 2 is 1.95 bits per heavy atom. The number of hydrogen-bond acceptors (Lipinski definition) is 3. The summed E-state index contributed by atoms with van der Waals surface area (Å²) in [5, 5.41) is 0.291. The molecule has 0 aromatic heterocycles. The van der Waals surface area contributed by atoms with Crippen LogP contribution in [0, 0.1) is 5.82 Å². The molecule has 0 atom stereocenters. The Hall–Kier alpha value is -1.79. The summed E-state index contributed by atoms with van der Waals surface area (Å²) in [5.74, 6) is -0.355. The quantitative estimate of drug-likeness (QED) is 0.942. The molecule has 7 heteroatoms. The average molecular weight is 316 g/mol. The molecule has 0 heterocycles. The Labute approximate surface area is 121 Å². The summed E-state index contributed by atoms with van der Waals surface area (Å²) in [6.07, 6.45) is 0. The van der Waals surface area contributed by atoms with E-state index in [1.165, 1.54) is 37.4 Å². The lowest BCUT2D eigenvalue weighted by molar-refractivity contribution is 0.416. The van der Waals surface area contributed by atoms with Crippen LogP contribution in [0.15, 0.2) is 47.4 Å². The van der Waals surface area contributed by atoms with Crippen LogP contribution >= 0.6 is 11.6 Å². The van der Waals surface area contributed by atoms with Crippen molar-refractivity contribution in [3.63, 3.8) is 0 Å². The van der Waals surface area contributed by atoms with Crippen LogP contribution in [0.5, 0.6) is 5.75 Å². The lowest BCUT2D eigenvalue weighted by Crippen LogP contribution is -2.13. The minimum Gasteiger partial charge on any atom is -0.495 e. The van der Waals surface area contributed by atoms with Crippen molar-refractivity contribution in [1.29, 1.82) is 0 Å². The SMILES string of the molecule is COc1ccc(F)cc1NS(=O)(=O)c1cccc(Cl)c1. The fourth-order valence-electron chi connectivity index (χ4n) is 1.60. The van der Waals surface area contributed by atoms with Gasteiger partial charge in [0.2, 0.25) is 0 Å². The van der Waals surface area contributed by atoms with Gasteiger partial charge in [-0.15, -0.1) is 0 Å². The van der Waals surface area contributed by atoms with E-state index < -0.39 is 15.8 Å². The molecule has 106 valence electrons. The van der Waals surface area contributed by atoms with E-state index in [0.29, 0.717) is 5.02 Å². The van der Waals surface area contributed by atoms with Crippen molar-refractivity contribution in [3.8, 4) is 5.75 Å². The van der Waals surface area contributed by atoms with Crippen LogP contribution in [-0.2, 0) is 10.0 Å². The third kappa shape index (κ3) is 3.20. The molecule has 0 amide bonds. The average Bonchev–Trinajstić information content (AvgIpc) is 2.38. The van der Waals surface area contributed by atoms with Crippen molar-refractivity contribution in [1.82, 2.24) is 0 Å². The molecule has 2 aromatic carbocycles. The van der Waals surface area contributed by atoms with Crippen LogP contribution in [0.3, 0.4) is 0 Å². The van der Waals surface area contributed by atoms with Gasteiger partial charge in [-0.3, -0.25) is 4.72 Å². The maximum Gasteiger partial charge on any atom is 0.262 e. The van der Waals surface area contributed by atoms with Gasteiger partial charge >= 0.3 is 0 Å². The molecular formula is C13H11ClFNO3S.